The van der Waals surface area contributed by atoms with Crippen molar-refractivity contribution in [3.63, 3.8) is 0 Å². The lowest BCUT2D eigenvalue weighted by molar-refractivity contribution is -0.494. The Hall–Kier alpha value is -3.97. The van der Waals surface area contributed by atoms with Crippen molar-refractivity contribution in [2.24, 2.45) is 12.1 Å². The summed E-state index contributed by atoms with van der Waals surface area (Å²) in [5, 5.41) is 28.4. The number of hydrazone groups is 1. The number of aliphatic hydroxyl groups is 1. The predicted molar refractivity (Wildman–Crippen MR) is 151 cm³/mol. The quantitative estimate of drug-likeness (QED) is 0.271. The van der Waals surface area contributed by atoms with Gasteiger partial charge in [0.1, 0.15) is 6.21 Å². The number of nitrogens with zero attached hydrogens (tertiary/aromatic N) is 8. The summed E-state index contributed by atoms with van der Waals surface area (Å²) in [5.74, 6) is 0.981. The number of fused-ring (bicyclic) bond motifs is 1. The summed E-state index contributed by atoms with van der Waals surface area (Å²) in [6.45, 7) is 3.02. The molecule has 0 radical (unpaired) electrons. The molecule has 13 nitrogen and oxygen atoms in total. The zero-order chi connectivity index (χ0) is 27.4. The summed E-state index contributed by atoms with van der Waals surface area (Å²) in [7, 11) is 3.69. The van der Waals surface area contributed by atoms with Gasteiger partial charge in [0.25, 0.3) is 0 Å². The molecule has 1 saturated carbocycles. The van der Waals surface area contributed by atoms with Crippen LogP contribution < -0.4 is 16.0 Å². The maximum absolute atomic E-state index is 12.9. The number of rotatable bonds is 11. The number of hydrogen-bond acceptors (Lipinski definition) is 10. The Balaban J connectivity index is 1.28. The summed E-state index contributed by atoms with van der Waals surface area (Å²) in [5.41, 5.74) is 2.76. The topological polar surface area (TPSA) is 148 Å². The number of pyridine rings is 1. The molecule has 3 aromatic rings. The molecule has 3 aromatic heterocycles. The first-order valence-electron chi connectivity index (χ1n) is 13.4. The summed E-state index contributed by atoms with van der Waals surface area (Å²) >= 11 is 0. The molecule has 0 saturated heterocycles. The van der Waals surface area contributed by atoms with Gasteiger partial charge in [-0.1, -0.05) is 17.5 Å². The van der Waals surface area contributed by atoms with Gasteiger partial charge in [-0.3, -0.25) is 14.7 Å². The Morgan fingerprint density at radius 3 is 2.82 bits per heavy atom. The van der Waals surface area contributed by atoms with Gasteiger partial charge in [-0.15, -0.1) is 0 Å². The Morgan fingerprint density at radius 1 is 1.26 bits per heavy atom. The molecule has 5 rings (SSSR count). The summed E-state index contributed by atoms with van der Waals surface area (Å²) in [6, 6.07) is 2.18. The molecule has 1 fully saturated rings. The van der Waals surface area contributed by atoms with E-state index in [2.05, 4.69) is 46.0 Å². The van der Waals surface area contributed by atoms with Crippen molar-refractivity contribution in [2.75, 3.05) is 42.7 Å². The van der Waals surface area contributed by atoms with E-state index in [4.69, 9.17) is 0 Å². The third-order valence-electron chi connectivity index (χ3n) is 7.08. The van der Waals surface area contributed by atoms with Crippen molar-refractivity contribution < 1.29 is 14.6 Å². The molecule has 206 valence electrons. The summed E-state index contributed by atoms with van der Waals surface area (Å²) < 4.78 is 3.43. The molecule has 4 N–H and O–H groups in total. The van der Waals surface area contributed by atoms with E-state index in [1.54, 1.807) is 28.0 Å². The second-order valence-corrected chi connectivity index (χ2v) is 10.1. The number of anilines is 4. The van der Waals surface area contributed by atoms with Crippen molar-refractivity contribution in [3.05, 3.63) is 24.2 Å². The third-order valence-corrected chi connectivity index (χ3v) is 7.08. The van der Waals surface area contributed by atoms with E-state index >= 15 is 0 Å². The molecule has 0 bridgehead atoms. The van der Waals surface area contributed by atoms with Gasteiger partial charge >= 0.3 is 0 Å². The highest BCUT2D eigenvalue weighted by molar-refractivity contribution is 5.94. The van der Waals surface area contributed by atoms with Crippen molar-refractivity contribution in [3.8, 4) is 0 Å². The number of amides is 1. The van der Waals surface area contributed by atoms with Gasteiger partial charge in [0.05, 0.1) is 35.2 Å². The first-order chi connectivity index (χ1) is 18.9. The van der Waals surface area contributed by atoms with Gasteiger partial charge in [-0.2, -0.15) is 10.1 Å². The summed E-state index contributed by atoms with van der Waals surface area (Å²) in [6.07, 6.45) is 12.3. The van der Waals surface area contributed by atoms with Gasteiger partial charge in [0, 0.05) is 32.4 Å². The van der Waals surface area contributed by atoms with Crippen molar-refractivity contribution in [2.45, 2.75) is 51.1 Å². The molecule has 1 aliphatic heterocycles. The smallest absolute Gasteiger partial charge is 0.238 e. The SMILES string of the molecule is Cc1ncc(NC(=O)CN(CCCO)C2CCCC2)cc1Nc1nn(C)c2nc(NC3C=N[N+](C)=C3)ncc12. The highest BCUT2D eigenvalue weighted by Crippen LogP contribution is 2.28. The lowest BCUT2D eigenvalue weighted by Gasteiger charge is -2.28. The van der Waals surface area contributed by atoms with Gasteiger partial charge in [0.15, 0.2) is 24.6 Å². The Kier molecular flexibility index (Phi) is 8.07. The molecule has 1 atom stereocenters. The van der Waals surface area contributed by atoms with Crippen LogP contribution in [0.25, 0.3) is 11.0 Å². The Morgan fingerprint density at radius 2 is 2.08 bits per heavy atom. The zero-order valence-electron chi connectivity index (χ0n) is 22.6. The maximum atomic E-state index is 12.9. The van der Waals surface area contributed by atoms with Crippen LogP contribution in [-0.2, 0) is 11.8 Å². The highest BCUT2D eigenvalue weighted by atomic mass is 16.3. The van der Waals surface area contributed by atoms with Crippen molar-refractivity contribution in [1.82, 2.24) is 29.6 Å². The fourth-order valence-electron chi connectivity index (χ4n) is 5.08. The van der Waals surface area contributed by atoms with Crippen LogP contribution in [0.3, 0.4) is 0 Å². The second-order valence-electron chi connectivity index (χ2n) is 10.1. The monoisotopic (exact) mass is 534 g/mol. The molecule has 13 heteroatoms. The maximum Gasteiger partial charge on any atom is 0.238 e. The molecule has 4 heterocycles. The van der Waals surface area contributed by atoms with E-state index < -0.39 is 0 Å². The van der Waals surface area contributed by atoms with Crippen LogP contribution in [0.2, 0.25) is 0 Å². The number of carbonyl (C=O) groups is 1. The Labute approximate surface area is 227 Å². The fourth-order valence-corrected chi connectivity index (χ4v) is 5.08. The van der Waals surface area contributed by atoms with Crippen LogP contribution in [0.4, 0.5) is 23.1 Å². The standard InChI is InChI=1S/C26H35N11O2/c1-17-22(11-18(12-27-17)30-23(39)16-37(9-6-10-38)20-7-4-5-8-20)32-24-21-14-28-26(33-25(21)36(3)34-24)31-19-13-29-35(2)15-19/h11-15,19-20,38H,4-10,16H2,1-3H3,(H2-,28,30,31,32,33,34,39)/p+1. The Bertz CT molecular complexity index is 1390. The lowest BCUT2D eigenvalue weighted by atomic mass is 10.2. The number of aromatic nitrogens is 5. The van der Waals surface area contributed by atoms with E-state index in [9.17, 15) is 9.90 Å². The van der Waals surface area contributed by atoms with Crippen LogP contribution in [0.5, 0.6) is 0 Å². The average molecular weight is 535 g/mol. The molecule has 1 unspecified atom stereocenters. The first-order valence-corrected chi connectivity index (χ1v) is 13.4. The molecule has 0 spiro atoms. The number of aryl methyl sites for hydroxylation is 2. The zero-order valence-corrected chi connectivity index (χ0v) is 22.6. The minimum absolute atomic E-state index is 0.0788. The number of carbonyl (C=O) groups excluding carboxylic acids is 1. The van der Waals surface area contributed by atoms with Gasteiger partial charge in [-0.25, -0.2) is 9.67 Å². The average Bonchev–Trinajstić information content (AvgIpc) is 3.66. The first kappa shape index (κ1) is 26.6. The van der Waals surface area contributed by atoms with Crippen LogP contribution in [0.15, 0.2) is 23.6 Å². The van der Waals surface area contributed by atoms with E-state index in [0.717, 1.165) is 29.6 Å². The van der Waals surface area contributed by atoms with E-state index in [0.29, 0.717) is 48.7 Å². The van der Waals surface area contributed by atoms with E-state index in [1.165, 1.54) is 12.8 Å². The second kappa shape index (κ2) is 11.8. The number of aliphatic hydroxyl groups excluding tert-OH is 1. The molecular weight excluding hydrogens is 498 g/mol. The fraction of sp³-hybridized carbons (Fsp3) is 0.500. The van der Waals surface area contributed by atoms with Crippen LogP contribution in [-0.4, -0.2) is 96.6 Å². The minimum atomic E-state index is -0.0936. The van der Waals surface area contributed by atoms with Crippen LogP contribution >= 0.6 is 0 Å². The molecular formula is C26H36N11O2+. The van der Waals surface area contributed by atoms with Crippen LogP contribution in [0.1, 0.15) is 37.8 Å². The largest absolute Gasteiger partial charge is 0.396 e. The lowest BCUT2D eigenvalue weighted by Crippen LogP contribution is -2.40. The summed E-state index contributed by atoms with van der Waals surface area (Å²) in [4.78, 5) is 28.7. The van der Waals surface area contributed by atoms with Crippen molar-refractivity contribution >= 4 is 52.5 Å². The molecule has 1 aliphatic carbocycles. The van der Waals surface area contributed by atoms with E-state index in [-0.39, 0.29) is 18.6 Å². The van der Waals surface area contributed by atoms with Gasteiger partial charge in [0.2, 0.25) is 18.1 Å². The molecule has 39 heavy (non-hydrogen) atoms. The molecule has 2 aliphatic rings. The predicted octanol–water partition coefficient (Wildman–Crippen LogP) is 1.87. The normalized spacial score (nSPS) is 17.3. The highest BCUT2D eigenvalue weighted by Gasteiger charge is 2.24. The molecule has 1 amide bonds. The minimum Gasteiger partial charge on any atom is -0.396 e. The molecule has 0 aromatic carbocycles. The number of hydrogen-bond donors (Lipinski definition) is 4. The van der Waals surface area contributed by atoms with E-state index in [1.807, 2.05) is 33.3 Å². The van der Waals surface area contributed by atoms with Crippen molar-refractivity contribution in [1.29, 1.82) is 0 Å². The van der Waals surface area contributed by atoms with Crippen LogP contribution in [0, 0.1) is 6.92 Å². The number of nitrogens with one attached hydrogen (secondary N) is 3. The third kappa shape index (κ3) is 6.37. The van der Waals surface area contributed by atoms with Gasteiger partial charge in [-0.05, 0) is 37.4 Å². The van der Waals surface area contributed by atoms with Gasteiger partial charge < -0.3 is 21.1 Å².